The van der Waals surface area contributed by atoms with Crippen LogP contribution in [0.25, 0.3) is 0 Å². The van der Waals surface area contributed by atoms with Gasteiger partial charge in [-0.3, -0.25) is 0 Å². The fourth-order valence-corrected chi connectivity index (χ4v) is 0.575. The highest BCUT2D eigenvalue weighted by Gasteiger charge is 1.96. The summed E-state index contributed by atoms with van der Waals surface area (Å²) in [6, 6.07) is 0. The quantitative estimate of drug-likeness (QED) is 0.347. The predicted octanol–water partition coefficient (Wildman–Crippen LogP) is 1.08. The van der Waals surface area contributed by atoms with Crippen molar-refractivity contribution >= 4 is 12.3 Å². The summed E-state index contributed by atoms with van der Waals surface area (Å²) in [4.78, 5) is 20.7. The lowest BCUT2D eigenvalue weighted by atomic mass is 10.2. The Balaban J connectivity index is 3.85. The van der Waals surface area contributed by atoms with Crippen LogP contribution in [0.2, 0.25) is 0 Å². The third kappa shape index (κ3) is 5.33. The van der Waals surface area contributed by atoms with Crippen molar-refractivity contribution < 1.29 is 14.3 Å². The lowest BCUT2D eigenvalue weighted by Gasteiger charge is -1.96. The van der Waals surface area contributed by atoms with Crippen LogP contribution in [0.1, 0.15) is 20.3 Å². The van der Waals surface area contributed by atoms with Crippen LogP contribution in [-0.4, -0.2) is 18.9 Å². The van der Waals surface area contributed by atoms with Crippen LogP contribution in [0.4, 0.5) is 0 Å². The van der Waals surface area contributed by atoms with Crippen LogP contribution < -0.4 is 0 Å². The molecule has 0 fully saturated rings. The first kappa shape index (κ1) is 9.88. The first-order valence-corrected chi connectivity index (χ1v) is 3.48. The summed E-state index contributed by atoms with van der Waals surface area (Å²) >= 11 is 0. The van der Waals surface area contributed by atoms with E-state index in [1.807, 2.05) is 0 Å². The summed E-state index contributed by atoms with van der Waals surface area (Å²) in [6.07, 6.45) is 2.38. The van der Waals surface area contributed by atoms with Gasteiger partial charge in [0.15, 0.2) is 0 Å². The molecule has 0 aliphatic carbocycles. The van der Waals surface area contributed by atoms with Gasteiger partial charge in [-0.25, -0.2) is 4.79 Å². The average Bonchev–Trinajstić information content (AvgIpc) is 1.87. The highest BCUT2D eigenvalue weighted by atomic mass is 16.5. The molecule has 3 heteroatoms. The minimum absolute atomic E-state index is 0.290. The fourth-order valence-electron chi connectivity index (χ4n) is 0.575. The number of hydrogen-bond donors (Lipinski definition) is 0. The Hall–Kier alpha value is -1.12. The van der Waals surface area contributed by atoms with Crippen molar-refractivity contribution in [2.75, 3.05) is 6.61 Å². The maximum Gasteiger partial charge on any atom is 0.330 e. The van der Waals surface area contributed by atoms with Crippen LogP contribution in [0, 0.1) is 0 Å². The zero-order chi connectivity index (χ0) is 8.69. The zero-order valence-corrected chi connectivity index (χ0v) is 6.79. The number of carbonyl (C=O) groups excluding carboxylic acids is 2. The number of allylic oxidation sites excluding steroid dienone is 1. The van der Waals surface area contributed by atoms with Crippen molar-refractivity contribution in [3.63, 3.8) is 0 Å². The van der Waals surface area contributed by atoms with Crippen LogP contribution in [-0.2, 0) is 14.3 Å². The van der Waals surface area contributed by atoms with Gasteiger partial charge in [-0.15, -0.1) is 0 Å². The monoisotopic (exact) mass is 156 g/mol. The normalized spacial score (nSPS) is 10.9. The lowest BCUT2D eigenvalue weighted by molar-refractivity contribution is -0.137. The van der Waals surface area contributed by atoms with Crippen LogP contribution in [0.3, 0.4) is 0 Å². The van der Waals surface area contributed by atoms with E-state index in [-0.39, 0.29) is 5.97 Å². The molecule has 0 aromatic carbocycles. The maximum atomic E-state index is 10.7. The molecule has 0 bridgehead atoms. The fraction of sp³-hybridized carbons (Fsp3) is 0.500. The summed E-state index contributed by atoms with van der Waals surface area (Å²) in [7, 11) is 0. The van der Waals surface area contributed by atoms with E-state index in [2.05, 4.69) is 4.74 Å². The molecule has 11 heavy (non-hydrogen) atoms. The first-order chi connectivity index (χ1) is 5.20. The van der Waals surface area contributed by atoms with E-state index in [4.69, 9.17) is 0 Å². The molecule has 0 aliphatic rings. The second-order valence-corrected chi connectivity index (χ2v) is 2.11. The highest BCUT2D eigenvalue weighted by molar-refractivity contribution is 5.83. The van der Waals surface area contributed by atoms with E-state index in [0.29, 0.717) is 13.0 Å². The van der Waals surface area contributed by atoms with Gasteiger partial charge in [0.25, 0.3) is 0 Å². The van der Waals surface area contributed by atoms with Gasteiger partial charge in [0, 0.05) is 12.5 Å². The molecule has 0 rings (SSSR count). The Morgan fingerprint density at radius 2 is 2.18 bits per heavy atom. The van der Waals surface area contributed by atoms with Gasteiger partial charge in [0.2, 0.25) is 0 Å². The highest BCUT2D eigenvalue weighted by Crippen LogP contribution is 1.96. The minimum Gasteiger partial charge on any atom is -0.463 e. The van der Waals surface area contributed by atoms with Gasteiger partial charge in [0.05, 0.1) is 6.61 Å². The Kier molecular flexibility index (Phi) is 5.07. The van der Waals surface area contributed by atoms with Crippen molar-refractivity contribution in [1.29, 1.82) is 0 Å². The second kappa shape index (κ2) is 5.65. The summed E-state index contributed by atoms with van der Waals surface area (Å²) < 4.78 is 4.63. The number of hydrogen-bond acceptors (Lipinski definition) is 3. The molecule has 3 nitrogen and oxygen atoms in total. The molecular weight excluding hydrogens is 144 g/mol. The van der Waals surface area contributed by atoms with Gasteiger partial charge in [0.1, 0.15) is 6.29 Å². The Labute approximate surface area is 66.0 Å². The lowest BCUT2D eigenvalue weighted by Crippen LogP contribution is -2.00. The summed E-state index contributed by atoms with van der Waals surface area (Å²) in [5, 5.41) is 0. The standard InChI is InChI=1S/C8H12O3/c1-3-11-8(10)6-7(2)4-5-9/h5-6H,3-4H2,1-2H3. The smallest absolute Gasteiger partial charge is 0.330 e. The van der Waals surface area contributed by atoms with Gasteiger partial charge in [-0.05, 0) is 13.8 Å². The SMILES string of the molecule is CCOC(=O)C=C(C)CC=O. The average molecular weight is 156 g/mol. The van der Waals surface area contributed by atoms with Gasteiger partial charge in [-0.1, -0.05) is 5.57 Å². The Morgan fingerprint density at radius 3 is 2.64 bits per heavy atom. The third-order valence-electron chi connectivity index (χ3n) is 1.06. The molecule has 0 atom stereocenters. The van der Waals surface area contributed by atoms with Crippen LogP contribution in [0.5, 0.6) is 0 Å². The number of rotatable bonds is 4. The molecule has 0 unspecified atom stereocenters. The van der Waals surface area contributed by atoms with Crippen LogP contribution in [0.15, 0.2) is 11.6 Å². The van der Waals surface area contributed by atoms with E-state index in [1.165, 1.54) is 6.08 Å². The molecule has 0 N–H and O–H groups in total. The van der Waals surface area contributed by atoms with Crippen molar-refractivity contribution in [3.05, 3.63) is 11.6 Å². The molecule has 0 aromatic heterocycles. The Morgan fingerprint density at radius 1 is 1.55 bits per heavy atom. The first-order valence-electron chi connectivity index (χ1n) is 3.48. The molecule has 0 amide bonds. The van der Waals surface area contributed by atoms with Crippen molar-refractivity contribution in [1.82, 2.24) is 0 Å². The summed E-state index contributed by atoms with van der Waals surface area (Å²) in [5.74, 6) is -0.383. The van der Waals surface area contributed by atoms with Gasteiger partial charge >= 0.3 is 5.97 Å². The van der Waals surface area contributed by atoms with E-state index in [1.54, 1.807) is 13.8 Å². The summed E-state index contributed by atoms with van der Waals surface area (Å²) in [6.45, 7) is 3.82. The van der Waals surface area contributed by atoms with Crippen molar-refractivity contribution in [2.45, 2.75) is 20.3 Å². The molecule has 0 spiro atoms. The van der Waals surface area contributed by atoms with E-state index in [9.17, 15) is 9.59 Å². The van der Waals surface area contributed by atoms with Crippen LogP contribution >= 0.6 is 0 Å². The summed E-state index contributed by atoms with van der Waals surface area (Å²) in [5.41, 5.74) is 0.721. The molecule has 0 aromatic rings. The van der Waals surface area contributed by atoms with Crippen molar-refractivity contribution in [3.8, 4) is 0 Å². The molecule has 0 aliphatic heterocycles. The Bertz CT molecular complexity index is 170. The van der Waals surface area contributed by atoms with Crippen molar-refractivity contribution in [2.24, 2.45) is 0 Å². The number of carbonyl (C=O) groups is 2. The molecular formula is C8H12O3. The third-order valence-corrected chi connectivity index (χ3v) is 1.06. The van der Waals surface area contributed by atoms with E-state index < -0.39 is 0 Å². The van der Waals surface area contributed by atoms with E-state index in [0.717, 1.165) is 11.9 Å². The van der Waals surface area contributed by atoms with Gasteiger partial charge < -0.3 is 9.53 Å². The van der Waals surface area contributed by atoms with E-state index >= 15 is 0 Å². The van der Waals surface area contributed by atoms with Gasteiger partial charge in [-0.2, -0.15) is 0 Å². The predicted molar refractivity (Wildman–Crippen MR) is 41.1 cm³/mol. The maximum absolute atomic E-state index is 10.7. The molecule has 0 radical (unpaired) electrons. The second-order valence-electron chi connectivity index (χ2n) is 2.11. The molecule has 0 saturated heterocycles. The largest absolute Gasteiger partial charge is 0.463 e. The number of ether oxygens (including phenoxy) is 1. The topological polar surface area (TPSA) is 43.4 Å². The molecule has 0 saturated carbocycles. The molecule has 62 valence electrons. The number of esters is 1. The molecule has 0 heterocycles. The number of aldehydes is 1. The minimum atomic E-state index is -0.383. The zero-order valence-electron chi connectivity index (χ0n) is 6.79.